The fourth-order valence-electron chi connectivity index (χ4n) is 2.97. The SMILES string of the molecule is CC(C)Cn1ncc(NC(CN)C2CCCC2)c(Br)c1=O. The van der Waals surface area contributed by atoms with Gasteiger partial charge in [0.2, 0.25) is 0 Å². The third-order valence-corrected chi connectivity index (χ3v) is 4.85. The number of hydrogen-bond acceptors (Lipinski definition) is 4. The topological polar surface area (TPSA) is 72.9 Å². The zero-order valence-electron chi connectivity index (χ0n) is 12.8. The maximum Gasteiger partial charge on any atom is 0.283 e. The second-order valence-corrected chi connectivity index (χ2v) is 7.08. The van der Waals surface area contributed by atoms with Gasteiger partial charge in [0, 0.05) is 19.1 Å². The van der Waals surface area contributed by atoms with E-state index < -0.39 is 0 Å². The fourth-order valence-corrected chi connectivity index (χ4v) is 3.39. The molecule has 1 unspecified atom stereocenters. The second kappa shape index (κ2) is 7.40. The van der Waals surface area contributed by atoms with Crippen molar-refractivity contribution in [3.8, 4) is 0 Å². The highest BCUT2D eigenvalue weighted by Crippen LogP contribution is 2.30. The highest BCUT2D eigenvalue weighted by atomic mass is 79.9. The summed E-state index contributed by atoms with van der Waals surface area (Å²) in [6.07, 6.45) is 6.70. The van der Waals surface area contributed by atoms with E-state index >= 15 is 0 Å². The minimum absolute atomic E-state index is 0.0871. The predicted octanol–water partition coefficient (Wildman–Crippen LogP) is 2.59. The van der Waals surface area contributed by atoms with Crippen molar-refractivity contribution in [2.45, 2.75) is 52.1 Å². The van der Waals surface area contributed by atoms with Gasteiger partial charge in [-0.1, -0.05) is 26.7 Å². The number of rotatable bonds is 6. The molecule has 1 atom stereocenters. The van der Waals surface area contributed by atoms with Gasteiger partial charge in [0.1, 0.15) is 4.47 Å². The number of hydrogen-bond donors (Lipinski definition) is 2. The van der Waals surface area contributed by atoms with Gasteiger partial charge < -0.3 is 11.1 Å². The molecule has 118 valence electrons. The van der Waals surface area contributed by atoms with Crippen LogP contribution in [0.25, 0.3) is 0 Å². The number of nitrogens with two attached hydrogens (primary N) is 1. The number of halogens is 1. The first-order chi connectivity index (χ1) is 10.0. The Labute approximate surface area is 134 Å². The zero-order valence-corrected chi connectivity index (χ0v) is 14.4. The van der Waals surface area contributed by atoms with Gasteiger partial charge >= 0.3 is 0 Å². The number of aromatic nitrogens is 2. The Kier molecular flexibility index (Phi) is 5.81. The lowest BCUT2D eigenvalue weighted by atomic mass is 9.98. The predicted molar refractivity (Wildman–Crippen MR) is 89.5 cm³/mol. The average Bonchev–Trinajstić information content (AvgIpc) is 2.97. The molecule has 1 aromatic rings. The normalized spacial score (nSPS) is 17.4. The molecule has 0 spiro atoms. The van der Waals surface area contributed by atoms with Crippen LogP contribution >= 0.6 is 15.9 Å². The Hall–Kier alpha value is -0.880. The van der Waals surface area contributed by atoms with Crippen molar-refractivity contribution in [1.29, 1.82) is 0 Å². The Bertz CT molecular complexity index is 523. The van der Waals surface area contributed by atoms with Gasteiger partial charge in [0.25, 0.3) is 5.56 Å². The Balaban J connectivity index is 2.16. The second-order valence-electron chi connectivity index (χ2n) is 6.28. The molecule has 3 N–H and O–H groups in total. The summed E-state index contributed by atoms with van der Waals surface area (Å²) in [6.45, 7) is 5.34. The minimum atomic E-state index is -0.0871. The van der Waals surface area contributed by atoms with Gasteiger partial charge in [0.05, 0.1) is 11.9 Å². The molecule has 6 heteroatoms. The number of anilines is 1. The summed E-state index contributed by atoms with van der Waals surface area (Å²) >= 11 is 3.41. The van der Waals surface area contributed by atoms with Crippen LogP contribution in [0.4, 0.5) is 5.69 Å². The first kappa shape index (κ1) is 16.5. The quantitative estimate of drug-likeness (QED) is 0.821. The molecule has 21 heavy (non-hydrogen) atoms. The van der Waals surface area contributed by atoms with E-state index in [1.54, 1.807) is 6.20 Å². The van der Waals surface area contributed by atoms with Crippen LogP contribution in [0.5, 0.6) is 0 Å². The first-order valence-electron chi connectivity index (χ1n) is 7.75. The van der Waals surface area contributed by atoms with Crippen molar-refractivity contribution in [1.82, 2.24) is 9.78 Å². The summed E-state index contributed by atoms with van der Waals surface area (Å²) in [5.41, 5.74) is 6.57. The summed E-state index contributed by atoms with van der Waals surface area (Å²) in [5.74, 6) is 0.983. The lowest BCUT2D eigenvalue weighted by molar-refractivity contribution is 0.455. The zero-order chi connectivity index (χ0) is 15.4. The first-order valence-corrected chi connectivity index (χ1v) is 8.54. The third kappa shape index (κ3) is 4.07. The molecule has 0 amide bonds. The molecule has 0 radical (unpaired) electrons. The molecule has 2 rings (SSSR count). The van der Waals surface area contributed by atoms with E-state index in [-0.39, 0.29) is 11.6 Å². The highest BCUT2D eigenvalue weighted by Gasteiger charge is 2.24. The summed E-state index contributed by atoms with van der Waals surface area (Å²) in [4.78, 5) is 12.3. The molecule has 1 aliphatic carbocycles. The van der Waals surface area contributed by atoms with Crippen LogP contribution in [0.15, 0.2) is 15.5 Å². The van der Waals surface area contributed by atoms with Crippen LogP contribution < -0.4 is 16.6 Å². The van der Waals surface area contributed by atoms with Crippen LogP contribution in [0.1, 0.15) is 39.5 Å². The van der Waals surface area contributed by atoms with E-state index in [1.165, 1.54) is 30.4 Å². The van der Waals surface area contributed by atoms with Gasteiger partial charge in [-0.25, -0.2) is 4.68 Å². The van der Waals surface area contributed by atoms with E-state index in [0.29, 0.717) is 29.4 Å². The molecule has 0 bridgehead atoms. The van der Waals surface area contributed by atoms with Crippen LogP contribution in [-0.2, 0) is 6.54 Å². The smallest absolute Gasteiger partial charge is 0.283 e. The van der Waals surface area contributed by atoms with Crippen molar-refractivity contribution in [2.75, 3.05) is 11.9 Å². The summed E-state index contributed by atoms with van der Waals surface area (Å²) < 4.78 is 2.06. The van der Waals surface area contributed by atoms with E-state index in [9.17, 15) is 4.79 Å². The molecule has 1 heterocycles. The Morgan fingerprint density at radius 2 is 2.14 bits per heavy atom. The van der Waals surface area contributed by atoms with E-state index in [2.05, 4.69) is 40.2 Å². The molecule has 1 aromatic heterocycles. The molecule has 0 saturated heterocycles. The van der Waals surface area contributed by atoms with E-state index in [1.807, 2.05) is 0 Å². The molecule has 5 nitrogen and oxygen atoms in total. The van der Waals surface area contributed by atoms with Crippen LogP contribution in [0.3, 0.4) is 0 Å². The van der Waals surface area contributed by atoms with Crippen LogP contribution in [0.2, 0.25) is 0 Å². The highest BCUT2D eigenvalue weighted by molar-refractivity contribution is 9.10. The molecule has 1 saturated carbocycles. The van der Waals surface area contributed by atoms with Crippen LogP contribution in [0, 0.1) is 11.8 Å². The maximum absolute atomic E-state index is 12.3. The van der Waals surface area contributed by atoms with Crippen molar-refractivity contribution < 1.29 is 0 Å². The standard InChI is InChI=1S/C15H25BrN4O/c1-10(2)9-20-15(21)14(16)13(8-18-20)19-12(7-17)11-5-3-4-6-11/h8,10-12,19H,3-7,9,17H2,1-2H3. The average molecular weight is 357 g/mol. The maximum atomic E-state index is 12.3. The number of nitrogens with zero attached hydrogens (tertiary/aromatic N) is 2. The lowest BCUT2D eigenvalue weighted by Crippen LogP contribution is -2.36. The summed E-state index contributed by atoms with van der Waals surface area (Å²) in [6, 6.07) is 0.214. The molecule has 0 aliphatic heterocycles. The largest absolute Gasteiger partial charge is 0.378 e. The Morgan fingerprint density at radius 3 is 2.71 bits per heavy atom. The van der Waals surface area contributed by atoms with Crippen molar-refractivity contribution in [2.24, 2.45) is 17.6 Å². The van der Waals surface area contributed by atoms with Gasteiger partial charge in [-0.3, -0.25) is 4.79 Å². The summed E-state index contributed by atoms with van der Waals surface area (Å²) in [5, 5.41) is 7.68. The van der Waals surface area contributed by atoms with Gasteiger partial charge in [-0.15, -0.1) is 0 Å². The van der Waals surface area contributed by atoms with Gasteiger partial charge in [0.15, 0.2) is 0 Å². The fraction of sp³-hybridized carbons (Fsp3) is 0.733. The van der Waals surface area contributed by atoms with Crippen molar-refractivity contribution in [3.63, 3.8) is 0 Å². The molecular weight excluding hydrogens is 332 g/mol. The lowest BCUT2D eigenvalue weighted by Gasteiger charge is -2.24. The van der Waals surface area contributed by atoms with Gasteiger partial charge in [-0.05, 0) is 40.6 Å². The number of nitrogens with one attached hydrogen (secondary N) is 1. The minimum Gasteiger partial charge on any atom is -0.378 e. The monoisotopic (exact) mass is 356 g/mol. The van der Waals surface area contributed by atoms with Gasteiger partial charge in [-0.2, -0.15) is 5.10 Å². The molecular formula is C15H25BrN4O. The van der Waals surface area contributed by atoms with Crippen molar-refractivity contribution in [3.05, 3.63) is 21.0 Å². The third-order valence-electron chi connectivity index (χ3n) is 4.09. The van der Waals surface area contributed by atoms with E-state index in [0.717, 1.165) is 5.69 Å². The Morgan fingerprint density at radius 1 is 1.48 bits per heavy atom. The summed E-state index contributed by atoms with van der Waals surface area (Å²) in [7, 11) is 0. The van der Waals surface area contributed by atoms with Crippen molar-refractivity contribution >= 4 is 21.6 Å². The van der Waals surface area contributed by atoms with E-state index in [4.69, 9.17) is 5.73 Å². The molecule has 0 aromatic carbocycles. The molecule has 1 fully saturated rings. The molecule has 1 aliphatic rings. The van der Waals surface area contributed by atoms with Crippen LogP contribution in [-0.4, -0.2) is 22.4 Å².